The van der Waals surface area contributed by atoms with Crippen molar-refractivity contribution < 1.29 is 43.6 Å². The van der Waals surface area contributed by atoms with E-state index in [1.807, 2.05) is 0 Å². The third-order valence-corrected chi connectivity index (χ3v) is 3.67. The summed E-state index contributed by atoms with van der Waals surface area (Å²) in [5.41, 5.74) is 0.767. The Morgan fingerprint density at radius 1 is 1.17 bits per heavy atom. The second-order valence-electron chi connectivity index (χ2n) is 4.49. The Morgan fingerprint density at radius 2 is 1.96 bits per heavy atom. The molecule has 1 aromatic carbocycles. The molecule has 9 heteroatoms. The predicted octanol–water partition coefficient (Wildman–Crippen LogP) is 0.143. The van der Waals surface area contributed by atoms with Crippen LogP contribution in [0.3, 0.4) is 0 Å². The number of carbonyl (C=O) groups is 2. The summed E-state index contributed by atoms with van der Waals surface area (Å²) in [4.78, 5) is 22.4. The number of amides is 3. The molecular formula is C14H9Cl2N3NaO3+. The van der Waals surface area contributed by atoms with Gasteiger partial charge in [-0.05, 0) is 30.3 Å². The van der Waals surface area contributed by atoms with Crippen LogP contribution in [0.5, 0.6) is 0 Å². The number of benzene rings is 1. The first-order valence-electron chi connectivity index (χ1n) is 6.23. The quantitative estimate of drug-likeness (QED) is 0.480. The number of imide groups is 1. The Morgan fingerprint density at radius 3 is 2.61 bits per heavy atom. The molecular weight excluding hydrogens is 352 g/mol. The number of urea groups is 1. The van der Waals surface area contributed by atoms with Gasteiger partial charge in [0.25, 0.3) is 0 Å². The summed E-state index contributed by atoms with van der Waals surface area (Å²) in [5, 5.41) is 7.93. The molecule has 112 valence electrons. The van der Waals surface area contributed by atoms with Gasteiger partial charge in [0.2, 0.25) is 5.91 Å². The van der Waals surface area contributed by atoms with Gasteiger partial charge in [-0.15, -0.1) is 0 Å². The fourth-order valence-electron chi connectivity index (χ4n) is 1.88. The number of hydrazone groups is 1. The van der Waals surface area contributed by atoms with E-state index in [0.29, 0.717) is 21.6 Å². The van der Waals surface area contributed by atoms with Gasteiger partial charge in [-0.3, -0.25) is 10.1 Å². The summed E-state index contributed by atoms with van der Waals surface area (Å²) < 4.78 is 5.59. The summed E-state index contributed by atoms with van der Waals surface area (Å²) in [6.07, 6.45) is 1.36. The predicted molar refractivity (Wildman–Crippen MR) is 82.0 cm³/mol. The van der Waals surface area contributed by atoms with Gasteiger partial charge < -0.3 is 4.42 Å². The molecule has 3 rings (SSSR count). The van der Waals surface area contributed by atoms with Gasteiger partial charge in [-0.25, -0.2) is 9.80 Å². The van der Waals surface area contributed by atoms with E-state index in [0.717, 1.165) is 10.6 Å². The van der Waals surface area contributed by atoms with Crippen LogP contribution in [-0.4, -0.2) is 29.7 Å². The molecule has 0 bridgehead atoms. The van der Waals surface area contributed by atoms with E-state index < -0.39 is 11.9 Å². The zero-order valence-corrected chi connectivity index (χ0v) is 15.6. The Kier molecular flexibility index (Phi) is 5.89. The number of hydrogen-bond acceptors (Lipinski definition) is 4. The Hall–Kier alpha value is -1.31. The third-order valence-electron chi connectivity index (χ3n) is 2.93. The minimum atomic E-state index is -0.558. The van der Waals surface area contributed by atoms with Crippen LogP contribution in [0.1, 0.15) is 5.76 Å². The first-order chi connectivity index (χ1) is 10.5. The van der Waals surface area contributed by atoms with Crippen molar-refractivity contribution in [3.8, 4) is 11.3 Å². The summed E-state index contributed by atoms with van der Waals surface area (Å²) in [6.45, 7) is -0.101. The number of carbonyl (C=O) groups excluding carboxylic acids is 2. The van der Waals surface area contributed by atoms with E-state index >= 15 is 0 Å². The number of rotatable bonds is 3. The molecule has 23 heavy (non-hydrogen) atoms. The van der Waals surface area contributed by atoms with Crippen molar-refractivity contribution in [3.05, 3.63) is 46.1 Å². The molecule has 0 radical (unpaired) electrons. The monoisotopic (exact) mass is 360 g/mol. The molecule has 2 aromatic rings. The average molecular weight is 361 g/mol. The molecule has 0 saturated carbocycles. The van der Waals surface area contributed by atoms with Crippen LogP contribution in [0.4, 0.5) is 4.79 Å². The van der Waals surface area contributed by atoms with Crippen LogP contribution in [0, 0.1) is 0 Å². The van der Waals surface area contributed by atoms with Crippen LogP contribution in [0.25, 0.3) is 11.3 Å². The zero-order valence-electron chi connectivity index (χ0n) is 12.0. The van der Waals surface area contributed by atoms with Crippen LogP contribution < -0.4 is 34.9 Å². The summed E-state index contributed by atoms with van der Waals surface area (Å²) in [5.74, 6) is 0.633. The van der Waals surface area contributed by atoms with E-state index in [1.54, 1.807) is 30.3 Å². The fourth-order valence-corrected chi connectivity index (χ4v) is 2.18. The van der Waals surface area contributed by atoms with Gasteiger partial charge in [0.1, 0.15) is 18.1 Å². The molecule has 0 unspecified atom stereocenters. The van der Waals surface area contributed by atoms with Crippen LogP contribution in [0.2, 0.25) is 10.0 Å². The van der Waals surface area contributed by atoms with Crippen molar-refractivity contribution in [3.63, 3.8) is 0 Å². The van der Waals surface area contributed by atoms with Crippen molar-refractivity contribution >= 4 is 41.4 Å². The smallest absolute Gasteiger partial charge is 0.455 e. The van der Waals surface area contributed by atoms with E-state index in [1.165, 1.54) is 6.21 Å². The number of hydrogen-bond donors (Lipinski definition) is 1. The topological polar surface area (TPSA) is 74.9 Å². The minimum Gasteiger partial charge on any atom is -0.455 e. The Balaban J connectivity index is 0.00000192. The Bertz CT molecular complexity index is 791. The molecule has 1 aliphatic rings. The van der Waals surface area contributed by atoms with Crippen LogP contribution >= 0.6 is 23.2 Å². The number of nitrogens with zero attached hydrogens (tertiary/aromatic N) is 2. The van der Waals surface area contributed by atoms with E-state index in [4.69, 9.17) is 27.6 Å². The third kappa shape index (κ3) is 4.16. The molecule has 0 atom stereocenters. The first-order valence-corrected chi connectivity index (χ1v) is 6.99. The SMILES string of the molecule is O=C1CN(/N=C/c2ccc(-c3ccc(Cl)c(Cl)c3)o2)C(=O)N1.[Na+]. The standard InChI is InChI=1S/C14H9Cl2N3O3.Na/c15-10-3-1-8(5-11(10)16)12-4-2-9(22-12)6-17-19-7-13(20)18-14(19)21;/h1-6H,7H2,(H,18,20,21);/q;+1/b17-6+;. The van der Waals surface area contributed by atoms with Crippen molar-refractivity contribution in [2.45, 2.75) is 0 Å². The first kappa shape index (κ1) is 18.0. The van der Waals surface area contributed by atoms with Gasteiger partial charge in [0, 0.05) is 5.56 Å². The van der Waals surface area contributed by atoms with Gasteiger partial charge in [0.15, 0.2) is 0 Å². The number of nitrogens with one attached hydrogen (secondary N) is 1. The average Bonchev–Trinajstić information content (AvgIpc) is 3.06. The van der Waals surface area contributed by atoms with Gasteiger partial charge in [0.05, 0.1) is 16.3 Å². The molecule has 1 saturated heterocycles. The maximum Gasteiger partial charge on any atom is 1.00 e. The molecule has 6 nitrogen and oxygen atoms in total. The normalized spacial score (nSPS) is 14.3. The van der Waals surface area contributed by atoms with Gasteiger partial charge >= 0.3 is 35.6 Å². The second kappa shape index (κ2) is 7.51. The van der Waals surface area contributed by atoms with E-state index in [-0.39, 0.29) is 36.1 Å². The van der Waals surface area contributed by atoms with Crippen molar-refractivity contribution in [2.24, 2.45) is 5.10 Å². The van der Waals surface area contributed by atoms with Crippen molar-refractivity contribution in [1.82, 2.24) is 10.3 Å². The van der Waals surface area contributed by atoms with E-state index in [2.05, 4.69) is 10.4 Å². The van der Waals surface area contributed by atoms with E-state index in [9.17, 15) is 9.59 Å². The molecule has 0 spiro atoms. The largest absolute Gasteiger partial charge is 1.00 e. The van der Waals surface area contributed by atoms with Crippen molar-refractivity contribution in [1.29, 1.82) is 0 Å². The molecule has 1 fully saturated rings. The molecule has 1 aromatic heterocycles. The minimum absolute atomic E-state index is 0. The summed E-state index contributed by atoms with van der Waals surface area (Å²) in [7, 11) is 0. The molecule has 1 N–H and O–H groups in total. The zero-order chi connectivity index (χ0) is 15.7. The van der Waals surface area contributed by atoms with Crippen LogP contribution in [-0.2, 0) is 4.79 Å². The van der Waals surface area contributed by atoms with Crippen LogP contribution in [0.15, 0.2) is 39.9 Å². The maximum absolute atomic E-state index is 11.3. The molecule has 1 aliphatic heterocycles. The fraction of sp³-hybridized carbons (Fsp3) is 0.0714. The number of halogens is 2. The summed E-state index contributed by atoms with van der Waals surface area (Å²) >= 11 is 11.8. The Labute approximate surface area is 163 Å². The molecule has 3 amide bonds. The van der Waals surface area contributed by atoms with Gasteiger partial charge in [-0.2, -0.15) is 5.10 Å². The van der Waals surface area contributed by atoms with Crippen molar-refractivity contribution in [2.75, 3.05) is 6.54 Å². The maximum atomic E-state index is 11.3. The summed E-state index contributed by atoms with van der Waals surface area (Å²) in [6, 6.07) is 8.03. The molecule has 0 aliphatic carbocycles. The molecule has 2 heterocycles. The van der Waals surface area contributed by atoms with Gasteiger partial charge in [-0.1, -0.05) is 23.2 Å². The second-order valence-corrected chi connectivity index (χ2v) is 5.30. The number of furan rings is 1.